The molecule has 1 aliphatic heterocycles. The smallest absolute Gasteiger partial charge is 0.243 e. The number of ether oxygens (including phenoxy) is 1. The summed E-state index contributed by atoms with van der Waals surface area (Å²) in [5, 5.41) is 2.72. The molecule has 1 aliphatic rings. The van der Waals surface area contributed by atoms with Crippen LogP contribution in [0.25, 0.3) is 0 Å². The SMILES string of the molecule is C#CC(CC)NC(=O)C1(N)CCOC1. The van der Waals surface area contributed by atoms with Gasteiger partial charge in [0.1, 0.15) is 5.54 Å². The van der Waals surface area contributed by atoms with Crippen LogP contribution in [0, 0.1) is 12.3 Å². The lowest BCUT2D eigenvalue weighted by Crippen LogP contribution is -2.56. The molecule has 0 radical (unpaired) electrons. The van der Waals surface area contributed by atoms with Gasteiger partial charge in [-0.3, -0.25) is 4.79 Å². The first-order valence-corrected chi connectivity index (χ1v) is 4.76. The fraction of sp³-hybridized carbons (Fsp3) is 0.700. The second-order valence-electron chi connectivity index (χ2n) is 3.56. The Bertz CT molecular complexity index is 251. The molecule has 1 saturated heterocycles. The van der Waals surface area contributed by atoms with Gasteiger partial charge in [-0.05, 0) is 12.8 Å². The minimum Gasteiger partial charge on any atom is -0.379 e. The second-order valence-corrected chi connectivity index (χ2v) is 3.56. The van der Waals surface area contributed by atoms with Crippen molar-refractivity contribution in [2.45, 2.75) is 31.3 Å². The molecule has 1 rings (SSSR count). The quantitative estimate of drug-likeness (QED) is 0.605. The Morgan fingerprint density at radius 2 is 2.57 bits per heavy atom. The summed E-state index contributed by atoms with van der Waals surface area (Å²) in [6.45, 7) is 2.73. The van der Waals surface area contributed by atoms with E-state index in [1.807, 2.05) is 6.92 Å². The zero-order chi connectivity index (χ0) is 10.6. The molecule has 0 spiro atoms. The lowest BCUT2D eigenvalue weighted by atomic mass is 9.98. The molecule has 0 saturated carbocycles. The van der Waals surface area contributed by atoms with Crippen molar-refractivity contribution >= 4 is 5.91 Å². The number of amides is 1. The highest BCUT2D eigenvalue weighted by Crippen LogP contribution is 2.15. The molecule has 0 aromatic rings. The number of carbonyl (C=O) groups excluding carboxylic acids is 1. The van der Waals surface area contributed by atoms with Crippen LogP contribution in [0.4, 0.5) is 0 Å². The number of nitrogens with one attached hydrogen (secondary N) is 1. The van der Waals surface area contributed by atoms with Gasteiger partial charge in [0.2, 0.25) is 5.91 Å². The number of carbonyl (C=O) groups is 1. The molecule has 4 nitrogen and oxygen atoms in total. The van der Waals surface area contributed by atoms with Crippen LogP contribution in [0.3, 0.4) is 0 Å². The number of terminal acetylenes is 1. The summed E-state index contributed by atoms with van der Waals surface area (Å²) in [6.07, 6.45) is 6.50. The molecule has 14 heavy (non-hydrogen) atoms. The number of hydrogen-bond acceptors (Lipinski definition) is 3. The zero-order valence-corrected chi connectivity index (χ0v) is 8.38. The number of nitrogens with two attached hydrogens (primary N) is 1. The highest BCUT2D eigenvalue weighted by Gasteiger charge is 2.38. The van der Waals surface area contributed by atoms with Crippen molar-refractivity contribution in [3.05, 3.63) is 0 Å². The first-order chi connectivity index (χ1) is 6.62. The molecule has 1 fully saturated rings. The molecule has 0 aliphatic carbocycles. The van der Waals surface area contributed by atoms with E-state index in [-0.39, 0.29) is 18.6 Å². The molecule has 3 N–H and O–H groups in total. The molecule has 0 aromatic carbocycles. The lowest BCUT2D eigenvalue weighted by molar-refractivity contribution is -0.126. The Balaban J connectivity index is 2.53. The zero-order valence-electron chi connectivity index (χ0n) is 8.38. The minimum absolute atomic E-state index is 0.209. The van der Waals surface area contributed by atoms with Crippen molar-refractivity contribution < 1.29 is 9.53 Å². The standard InChI is InChI=1S/C10H16N2O2/c1-3-8(4-2)12-9(13)10(11)5-6-14-7-10/h1,8H,4-7,11H2,2H3,(H,12,13). The van der Waals surface area contributed by atoms with Crippen molar-refractivity contribution in [2.24, 2.45) is 5.73 Å². The van der Waals surface area contributed by atoms with Crippen LogP contribution in [0.5, 0.6) is 0 Å². The van der Waals surface area contributed by atoms with Crippen LogP contribution in [0.2, 0.25) is 0 Å². The van der Waals surface area contributed by atoms with Gasteiger partial charge in [0.25, 0.3) is 0 Å². The van der Waals surface area contributed by atoms with Crippen LogP contribution in [-0.2, 0) is 9.53 Å². The molecule has 4 heteroatoms. The summed E-state index contributed by atoms with van der Waals surface area (Å²) in [7, 11) is 0. The van der Waals surface area contributed by atoms with Gasteiger partial charge in [-0.1, -0.05) is 12.8 Å². The van der Waals surface area contributed by atoms with Gasteiger partial charge in [0, 0.05) is 6.61 Å². The average molecular weight is 196 g/mol. The van der Waals surface area contributed by atoms with E-state index in [1.165, 1.54) is 0 Å². The van der Waals surface area contributed by atoms with Crippen molar-refractivity contribution in [1.29, 1.82) is 0 Å². The predicted molar refractivity (Wildman–Crippen MR) is 53.4 cm³/mol. The Hall–Kier alpha value is -1.05. The maximum atomic E-state index is 11.7. The summed E-state index contributed by atoms with van der Waals surface area (Å²) < 4.78 is 5.09. The van der Waals surface area contributed by atoms with E-state index in [2.05, 4.69) is 11.2 Å². The van der Waals surface area contributed by atoms with Gasteiger partial charge in [-0.2, -0.15) is 0 Å². The Morgan fingerprint density at radius 3 is 3.00 bits per heavy atom. The number of hydrogen-bond donors (Lipinski definition) is 2. The third kappa shape index (κ3) is 2.25. The van der Waals surface area contributed by atoms with Crippen molar-refractivity contribution in [1.82, 2.24) is 5.32 Å². The van der Waals surface area contributed by atoms with Crippen LogP contribution in [0.15, 0.2) is 0 Å². The molecule has 2 unspecified atom stereocenters. The summed E-state index contributed by atoms with van der Waals surface area (Å²) in [6, 6.07) is -0.233. The molecule has 1 heterocycles. The van der Waals surface area contributed by atoms with Gasteiger partial charge in [-0.15, -0.1) is 6.42 Å². The maximum absolute atomic E-state index is 11.7. The Morgan fingerprint density at radius 1 is 1.86 bits per heavy atom. The monoisotopic (exact) mass is 196 g/mol. The third-order valence-electron chi connectivity index (χ3n) is 2.42. The molecule has 0 bridgehead atoms. The summed E-state index contributed by atoms with van der Waals surface area (Å²) in [5.74, 6) is 2.29. The van der Waals surface area contributed by atoms with Crippen LogP contribution >= 0.6 is 0 Å². The normalized spacial score (nSPS) is 28.1. The molecule has 0 aromatic heterocycles. The average Bonchev–Trinajstić information content (AvgIpc) is 2.62. The van der Waals surface area contributed by atoms with Gasteiger partial charge < -0.3 is 15.8 Å². The topological polar surface area (TPSA) is 64.4 Å². The van der Waals surface area contributed by atoms with E-state index in [1.54, 1.807) is 0 Å². The van der Waals surface area contributed by atoms with Crippen LogP contribution in [-0.4, -0.2) is 30.7 Å². The predicted octanol–water partition coefficient (Wildman–Crippen LogP) is -0.368. The largest absolute Gasteiger partial charge is 0.379 e. The van der Waals surface area contributed by atoms with Crippen molar-refractivity contribution in [3.63, 3.8) is 0 Å². The maximum Gasteiger partial charge on any atom is 0.243 e. The van der Waals surface area contributed by atoms with E-state index in [9.17, 15) is 4.79 Å². The Kier molecular flexibility index (Phi) is 3.50. The van der Waals surface area contributed by atoms with E-state index < -0.39 is 5.54 Å². The van der Waals surface area contributed by atoms with E-state index >= 15 is 0 Å². The second kappa shape index (κ2) is 4.45. The summed E-state index contributed by atoms with van der Waals surface area (Å²) in [4.78, 5) is 11.7. The lowest BCUT2D eigenvalue weighted by Gasteiger charge is -2.22. The van der Waals surface area contributed by atoms with E-state index in [0.717, 1.165) is 0 Å². The first kappa shape index (κ1) is 11.0. The third-order valence-corrected chi connectivity index (χ3v) is 2.42. The van der Waals surface area contributed by atoms with Crippen molar-refractivity contribution in [2.75, 3.05) is 13.2 Å². The first-order valence-electron chi connectivity index (χ1n) is 4.76. The van der Waals surface area contributed by atoms with Crippen LogP contribution in [0.1, 0.15) is 19.8 Å². The molecular weight excluding hydrogens is 180 g/mol. The van der Waals surface area contributed by atoms with Gasteiger partial charge in [-0.25, -0.2) is 0 Å². The summed E-state index contributed by atoms with van der Waals surface area (Å²) in [5.41, 5.74) is 4.97. The molecular formula is C10H16N2O2. The van der Waals surface area contributed by atoms with Crippen molar-refractivity contribution in [3.8, 4) is 12.3 Å². The molecule has 2 atom stereocenters. The van der Waals surface area contributed by atoms with E-state index in [4.69, 9.17) is 16.9 Å². The fourth-order valence-electron chi connectivity index (χ4n) is 1.32. The highest BCUT2D eigenvalue weighted by atomic mass is 16.5. The summed E-state index contributed by atoms with van der Waals surface area (Å²) >= 11 is 0. The van der Waals surface area contributed by atoms with Gasteiger partial charge in [0.15, 0.2) is 0 Å². The fourth-order valence-corrected chi connectivity index (χ4v) is 1.32. The minimum atomic E-state index is -0.885. The number of rotatable bonds is 3. The van der Waals surface area contributed by atoms with Crippen LogP contribution < -0.4 is 11.1 Å². The van der Waals surface area contributed by atoms with E-state index in [0.29, 0.717) is 19.4 Å². The van der Waals surface area contributed by atoms with Gasteiger partial charge >= 0.3 is 0 Å². The Labute approximate surface area is 84.2 Å². The highest BCUT2D eigenvalue weighted by molar-refractivity contribution is 5.87. The molecule has 1 amide bonds. The molecule has 78 valence electrons. The van der Waals surface area contributed by atoms with Gasteiger partial charge in [0.05, 0.1) is 12.6 Å².